The number of halogens is 2. The molecule has 0 aliphatic rings. The van der Waals surface area contributed by atoms with Crippen molar-refractivity contribution in [3.8, 4) is 11.1 Å². The molecule has 0 saturated carbocycles. The van der Waals surface area contributed by atoms with E-state index in [1.165, 1.54) is 0 Å². The van der Waals surface area contributed by atoms with Gasteiger partial charge in [-0.25, -0.2) is 0 Å². The van der Waals surface area contributed by atoms with E-state index >= 15 is 0 Å². The molecule has 35 heavy (non-hydrogen) atoms. The topological polar surface area (TPSA) is 168 Å². The van der Waals surface area contributed by atoms with Crippen molar-refractivity contribution in [3.63, 3.8) is 0 Å². The van der Waals surface area contributed by atoms with Gasteiger partial charge in [0.15, 0.2) is 0 Å². The van der Waals surface area contributed by atoms with E-state index in [1.54, 1.807) is 6.07 Å². The van der Waals surface area contributed by atoms with Gasteiger partial charge in [-0.15, -0.1) is 24.8 Å². The summed E-state index contributed by atoms with van der Waals surface area (Å²) in [5.41, 5.74) is 42.8. The van der Waals surface area contributed by atoms with Crippen molar-refractivity contribution in [3.05, 3.63) is 96.1 Å². The molecule has 0 fully saturated rings. The second kappa shape index (κ2) is 13.8. The number of nitrogens with two attached hydrogens (primary N) is 6. The Balaban J connectivity index is 0.000000332. The Labute approximate surface area is 218 Å². The molecule has 186 valence electrons. The van der Waals surface area contributed by atoms with E-state index in [2.05, 4.69) is 5.32 Å². The Morgan fingerprint density at radius 1 is 0.571 bits per heavy atom. The molecule has 4 aromatic rings. The Bertz CT molecular complexity index is 1160. The molecule has 4 rings (SSSR count). The average molecular weight is 515 g/mol. The zero-order valence-electron chi connectivity index (χ0n) is 19.3. The van der Waals surface area contributed by atoms with Crippen LogP contribution in [0.25, 0.3) is 11.1 Å². The van der Waals surface area contributed by atoms with Gasteiger partial charge in [0.2, 0.25) is 0 Å². The molecular weight excluding hydrogens is 481 g/mol. The van der Waals surface area contributed by atoms with E-state index in [4.69, 9.17) is 34.4 Å². The summed E-state index contributed by atoms with van der Waals surface area (Å²) in [6, 6.07) is 27.0. The average Bonchev–Trinajstić information content (AvgIpc) is 2.78. The highest BCUT2D eigenvalue weighted by atomic mass is 35.5. The summed E-state index contributed by atoms with van der Waals surface area (Å²) in [6.07, 6.45) is 0. The second-order valence-corrected chi connectivity index (χ2v) is 7.69. The molecule has 0 saturated heterocycles. The van der Waals surface area contributed by atoms with E-state index in [0.717, 1.165) is 40.2 Å². The lowest BCUT2D eigenvalue weighted by molar-refractivity contribution is 1.08. The molecule has 0 bridgehead atoms. The van der Waals surface area contributed by atoms with Crippen molar-refractivity contribution in [2.45, 2.75) is 13.1 Å². The van der Waals surface area contributed by atoms with Crippen molar-refractivity contribution in [1.29, 1.82) is 0 Å². The van der Waals surface area contributed by atoms with Crippen LogP contribution in [0.1, 0.15) is 11.1 Å². The quantitative estimate of drug-likeness (QED) is 0.187. The van der Waals surface area contributed by atoms with Crippen molar-refractivity contribution < 1.29 is 0 Å². The van der Waals surface area contributed by atoms with Crippen LogP contribution in [-0.2, 0) is 13.1 Å². The van der Waals surface area contributed by atoms with Gasteiger partial charge in [0.25, 0.3) is 0 Å². The smallest absolute Gasteiger partial charge is 0.0402 e. The van der Waals surface area contributed by atoms with Gasteiger partial charge in [-0.3, -0.25) is 0 Å². The molecule has 0 heterocycles. The van der Waals surface area contributed by atoms with Crippen LogP contribution in [0.2, 0.25) is 0 Å². The maximum absolute atomic E-state index is 5.92. The number of rotatable bonds is 5. The SMILES string of the molecule is Cl.Cl.NCc1c(N)cc(-c2ccc(N)cc2)cc1N.Nc1cc(N)cc(CNc2ccccc2)c1. The Morgan fingerprint density at radius 3 is 1.63 bits per heavy atom. The summed E-state index contributed by atoms with van der Waals surface area (Å²) in [5, 5.41) is 3.30. The van der Waals surface area contributed by atoms with Crippen molar-refractivity contribution in [2.24, 2.45) is 5.73 Å². The molecule has 0 radical (unpaired) electrons. The first-order valence-corrected chi connectivity index (χ1v) is 10.5. The van der Waals surface area contributed by atoms with E-state index in [0.29, 0.717) is 29.3 Å². The van der Waals surface area contributed by atoms with E-state index in [-0.39, 0.29) is 24.8 Å². The van der Waals surface area contributed by atoms with Gasteiger partial charge in [-0.1, -0.05) is 30.3 Å². The van der Waals surface area contributed by atoms with Crippen LogP contribution >= 0.6 is 24.8 Å². The summed E-state index contributed by atoms with van der Waals surface area (Å²) in [7, 11) is 0. The van der Waals surface area contributed by atoms with Gasteiger partial charge in [0.05, 0.1) is 0 Å². The van der Waals surface area contributed by atoms with Gasteiger partial charge in [0.1, 0.15) is 0 Å². The fourth-order valence-electron chi connectivity index (χ4n) is 3.40. The third-order valence-electron chi connectivity index (χ3n) is 5.07. The Kier molecular flexibility index (Phi) is 11.5. The monoisotopic (exact) mass is 513 g/mol. The molecule has 0 aliphatic carbocycles. The molecule has 0 amide bonds. The lowest BCUT2D eigenvalue weighted by atomic mass is 10.0. The normalized spacial score (nSPS) is 9.63. The largest absolute Gasteiger partial charge is 0.399 e. The first kappa shape index (κ1) is 29.3. The van der Waals surface area contributed by atoms with Crippen LogP contribution < -0.4 is 39.7 Å². The molecule has 7 nitrogen and oxygen atoms in total. The van der Waals surface area contributed by atoms with Crippen molar-refractivity contribution >= 4 is 58.9 Å². The highest BCUT2D eigenvalue weighted by molar-refractivity contribution is 5.85. The molecule has 9 heteroatoms. The van der Waals surface area contributed by atoms with E-state index in [9.17, 15) is 0 Å². The highest BCUT2D eigenvalue weighted by Crippen LogP contribution is 2.29. The zero-order chi connectivity index (χ0) is 23.8. The number of nitrogens with one attached hydrogen (secondary N) is 1. The van der Waals surface area contributed by atoms with Gasteiger partial charge < -0.3 is 39.7 Å². The number of nitrogen functional groups attached to an aromatic ring is 5. The lowest BCUT2D eigenvalue weighted by Gasteiger charge is -2.10. The summed E-state index contributed by atoms with van der Waals surface area (Å²) >= 11 is 0. The standard InChI is InChI=1S/C13H16N4.C13H15N3.2ClH/c14-7-11-12(16)5-9(6-13(11)17)8-1-3-10(15)4-2-8;14-11-6-10(7-12(15)8-11)9-16-13-4-2-1-3-5-13;;/h1-6H,7,14-17H2;1-8,16H,9,14-15H2;2*1H. The van der Waals surface area contributed by atoms with E-state index < -0.39 is 0 Å². The van der Waals surface area contributed by atoms with Crippen LogP contribution in [0.3, 0.4) is 0 Å². The number of hydrogen-bond donors (Lipinski definition) is 7. The van der Waals surface area contributed by atoms with Crippen LogP contribution in [0.4, 0.5) is 34.1 Å². The fraction of sp³-hybridized carbons (Fsp3) is 0.0769. The molecule has 0 unspecified atom stereocenters. The molecule has 13 N–H and O–H groups in total. The summed E-state index contributed by atoms with van der Waals surface area (Å²) in [6.45, 7) is 1.07. The van der Waals surface area contributed by atoms with Crippen molar-refractivity contribution in [1.82, 2.24) is 0 Å². The molecule has 0 aliphatic heterocycles. The molecule has 0 spiro atoms. The molecule has 0 atom stereocenters. The number of anilines is 6. The number of para-hydroxylation sites is 1. The summed E-state index contributed by atoms with van der Waals surface area (Å²) in [5.74, 6) is 0. The van der Waals surface area contributed by atoms with Crippen LogP contribution in [0.5, 0.6) is 0 Å². The lowest BCUT2D eigenvalue weighted by Crippen LogP contribution is -2.06. The fourth-order valence-corrected chi connectivity index (χ4v) is 3.40. The van der Waals surface area contributed by atoms with Gasteiger partial charge in [-0.05, 0) is 71.3 Å². The minimum Gasteiger partial charge on any atom is -0.399 e. The van der Waals surface area contributed by atoms with Crippen LogP contribution in [0, 0.1) is 0 Å². The maximum atomic E-state index is 5.92. The zero-order valence-corrected chi connectivity index (χ0v) is 20.9. The summed E-state index contributed by atoms with van der Waals surface area (Å²) < 4.78 is 0. The third kappa shape index (κ3) is 8.50. The first-order valence-electron chi connectivity index (χ1n) is 10.5. The van der Waals surface area contributed by atoms with Gasteiger partial charge in [0, 0.05) is 52.8 Å². The second-order valence-electron chi connectivity index (χ2n) is 7.69. The highest BCUT2D eigenvalue weighted by Gasteiger charge is 2.06. The van der Waals surface area contributed by atoms with Crippen LogP contribution in [0.15, 0.2) is 84.9 Å². The molecular formula is C26H33Cl2N7. The van der Waals surface area contributed by atoms with Gasteiger partial charge >= 0.3 is 0 Å². The molecule has 0 aromatic heterocycles. The van der Waals surface area contributed by atoms with Gasteiger partial charge in [-0.2, -0.15) is 0 Å². The third-order valence-corrected chi connectivity index (χ3v) is 5.07. The molecule has 4 aromatic carbocycles. The Hall–Kier alpha value is -3.78. The van der Waals surface area contributed by atoms with Crippen molar-refractivity contribution in [2.75, 3.05) is 34.0 Å². The maximum Gasteiger partial charge on any atom is 0.0402 e. The van der Waals surface area contributed by atoms with E-state index in [1.807, 2.05) is 78.9 Å². The first-order chi connectivity index (χ1) is 15.9. The Morgan fingerprint density at radius 2 is 1.11 bits per heavy atom. The minimum absolute atomic E-state index is 0. The minimum atomic E-state index is 0. The number of benzene rings is 4. The predicted octanol–water partition coefficient (Wildman–Crippen LogP) is 4.87. The number of hydrogen-bond acceptors (Lipinski definition) is 7. The summed E-state index contributed by atoms with van der Waals surface area (Å²) in [4.78, 5) is 0. The predicted molar refractivity (Wildman–Crippen MR) is 157 cm³/mol. The van der Waals surface area contributed by atoms with Crippen LogP contribution in [-0.4, -0.2) is 0 Å².